The lowest BCUT2D eigenvalue weighted by atomic mass is 9.97. The number of rotatable bonds is 3. The van der Waals surface area contributed by atoms with Crippen LogP contribution in [0.3, 0.4) is 0 Å². The van der Waals surface area contributed by atoms with E-state index in [-0.39, 0.29) is 11.8 Å². The van der Waals surface area contributed by atoms with Gasteiger partial charge in [0, 0.05) is 25.5 Å². The highest BCUT2D eigenvalue weighted by atomic mass is 16.1. The maximum atomic E-state index is 11.9. The molecule has 5 nitrogen and oxygen atoms in total. The first-order chi connectivity index (χ1) is 8.81. The van der Waals surface area contributed by atoms with E-state index in [2.05, 4.69) is 26.1 Å². The maximum absolute atomic E-state index is 11.9. The van der Waals surface area contributed by atoms with Gasteiger partial charge in [-0.2, -0.15) is 0 Å². The molecule has 0 spiro atoms. The lowest BCUT2D eigenvalue weighted by Gasteiger charge is -2.32. The summed E-state index contributed by atoms with van der Waals surface area (Å²) in [7, 11) is 0. The van der Waals surface area contributed by atoms with Crippen molar-refractivity contribution < 1.29 is 4.79 Å². The summed E-state index contributed by atoms with van der Waals surface area (Å²) in [5, 5.41) is 2.74. The molecule has 0 unspecified atom stereocenters. The second kappa shape index (κ2) is 6.01. The number of piperidine rings is 1. The first-order valence-electron chi connectivity index (χ1n) is 6.03. The lowest BCUT2D eigenvalue weighted by Crippen LogP contribution is -2.43. The standard InChI is InChI=1S/C13H16N4O/c1-2-5-16-13(18)11-4-3-8-17(10-11)12-9-14-6-7-15-12/h1,6-7,9,11H,3-5,8,10H2,(H,16,18)/t11-/m0/s1. The summed E-state index contributed by atoms with van der Waals surface area (Å²) in [4.78, 5) is 22.3. The lowest BCUT2D eigenvalue weighted by molar-refractivity contribution is -0.124. The topological polar surface area (TPSA) is 58.1 Å². The van der Waals surface area contributed by atoms with Crippen LogP contribution < -0.4 is 10.2 Å². The van der Waals surface area contributed by atoms with Gasteiger partial charge in [-0.1, -0.05) is 5.92 Å². The Morgan fingerprint density at radius 3 is 3.22 bits per heavy atom. The summed E-state index contributed by atoms with van der Waals surface area (Å²) >= 11 is 0. The number of hydrogen-bond acceptors (Lipinski definition) is 4. The number of amides is 1. The molecule has 0 aromatic carbocycles. The van der Waals surface area contributed by atoms with Crippen LogP contribution in [0.2, 0.25) is 0 Å². The van der Waals surface area contributed by atoms with Crippen LogP contribution in [0, 0.1) is 18.3 Å². The summed E-state index contributed by atoms with van der Waals surface area (Å²) in [5.74, 6) is 3.25. The van der Waals surface area contributed by atoms with Gasteiger partial charge in [-0.15, -0.1) is 6.42 Å². The first kappa shape index (κ1) is 12.4. The van der Waals surface area contributed by atoms with E-state index < -0.39 is 0 Å². The van der Waals surface area contributed by atoms with Crippen LogP contribution in [0.5, 0.6) is 0 Å². The number of hydrogen-bond donors (Lipinski definition) is 1. The molecule has 1 amide bonds. The average Bonchev–Trinajstić information content (AvgIpc) is 2.46. The first-order valence-corrected chi connectivity index (χ1v) is 6.03. The molecule has 94 valence electrons. The second-order valence-corrected chi connectivity index (χ2v) is 4.27. The molecule has 5 heteroatoms. The summed E-state index contributed by atoms with van der Waals surface area (Å²) < 4.78 is 0. The monoisotopic (exact) mass is 244 g/mol. The number of aromatic nitrogens is 2. The van der Waals surface area contributed by atoms with Crippen LogP contribution in [0.15, 0.2) is 18.6 Å². The molecule has 2 heterocycles. The van der Waals surface area contributed by atoms with Crippen molar-refractivity contribution >= 4 is 11.7 Å². The quantitative estimate of drug-likeness (QED) is 0.784. The molecule has 1 aliphatic heterocycles. The molecule has 0 radical (unpaired) electrons. The predicted molar refractivity (Wildman–Crippen MR) is 68.8 cm³/mol. The minimum absolute atomic E-state index is 0.0193. The van der Waals surface area contributed by atoms with E-state index in [1.807, 2.05) is 0 Å². The van der Waals surface area contributed by atoms with E-state index in [9.17, 15) is 4.79 Å². The highest BCUT2D eigenvalue weighted by Crippen LogP contribution is 2.20. The molecular formula is C13H16N4O. The Kier molecular flexibility index (Phi) is 4.13. The summed E-state index contributed by atoms with van der Waals surface area (Å²) in [6.45, 7) is 1.88. The van der Waals surface area contributed by atoms with E-state index in [4.69, 9.17) is 6.42 Å². The van der Waals surface area contributed by atoms with Gasteiger partial charge in [0.15, 0.2) is 0 Å². The predicted octanol–water partition coefficient (Wildman–Crippen LogP) is 0.442. The number of carbonyl (C=O) groups excluding carboxylic acids is 1. The minimum atomic E-state index is -0.0193. The normalized spacial score (nSPS) is 19.1. The zero-order chi connectivity index (χ0) is 12.8. The Hall–Kier alpha value is -2.09. The summed E-state index contributed by atoms with van der Waals surface area (Å²) in [6, 6.07) is 0. The van der Waals surface area contributed by atoms with Gasteiger partial charge >= 0.3 is 0 Å². The van der Waals surface area contributed by atoms with Crippen molar-refractivity contribution in [3.05, 3.63) is 18.6 Å². The molecule has 0 saturated carbocycles. The van der Waals surface area contributed by atoms with Crippen molar-refractivity contribution in [2.75, 3.05) is 24.5 Å². The van der Waals surface area contributed by atoms with Crippen molar-refractivity contribution in [2.45, 2.75) is 12.8 Å². The molecule has 1 aromatic rings. The van der Waals surface area contributed by atoms with Gasteiger partial charge in [-0.3, -0.25) is 9.78 Å². The van der Waals surface area contributed by atoms with Crippen molar-refractivity contribution in [3.8, 4) is 12.3 Å². The van der Waals surface area contributed by atoms with Gasteiger partial charge in [0.1, 0.15) is 5.82 Å². The molecule has 1 atom stereocenters. The molecule has 1 N–H and O–H groups in total. The van der Waals surface area contributed by atoms with Gasteiger partial charge in [0.2, 0.25) is 5.91 Å². The summed E-state index contributed by atoms with van der Waals surface area (Å²) in [5.41, 5.74) is 0. The van der Waals surface area contributed by atoms with Gasteiger partial charge in [0.25, 0.3) is 0 Å². The Bertz CT molecular complexity index is 440. The van der Waals surface area contributed by atoms with Crippen LogP contribution in [0.1, 0.15) is 12.8 Å². The van der Waals surface area contributed by atoms with Crippen molar-refractivity contribution in [1.29, 1.82) is 0 Å². The second-order valence-electron chi connectivity index (χ2n) is 4.27. The average molecular weight is 244 g/mol. The SMILES string of the molecule is C#CCNC(=O)[C@H]1CCCN(c2cnccn2)C1. The maximum Gasteiger partial charge on any atom is 0.225 e. The minimum Gasteiger partial charge on any atom is -0.355 e. The third-order valence-electron chi connectivity index (χ3n) is 3.03. The van der Waals surface area contributed by atoms with Crippen molar-refractivity contribution in [1.82, 2.24) is 15.3 Å². The number of anilines is 1. The van der Waals surface area contributed by atoms with E-state index >= 15 is 0 Å². The molecule has 0 bridgehead atoms. The van der Waals surface area contributed by atoms with Crippen LogP contribution in [0.25, 0.3) is 0 Å². The van der Waals surface area contributed by atoms with Crippen LogP contribution >= 0.6 is 0 Å². The number of terminal acetylenes is 1. The Morgan fingerprint density at radius 1 is 1.61 bits per heavy atom. The van der Waals surface area contributed by atoms with E-state index in [0.29, 0.717) is 13.1 Å². The van der Waals surface area contributed by atoms with Crippen molar-refractivity contribution in [2.24, 2.45) is 5.92 Å². The zero-order valence-electron chi connectivity index (χ0n) is 10.2. The van der Waals surface area contributed by atoms with Gasteiger partial charge in [-0.05, 0) is 12.8 Å². The van der Waals surface area contributed by atoms with Gasteiger partial charge < -0.3 is 10.2 Å². The van der Waals surface area contributed by atoms with Gasteiger partial charge in [-0.25, -0.2) is 4.98 Å². The molecule has 1 aromatic heterocycles. The number of carbonyl (C=O) groups is 1. The highest BCUT2D eigenvalue weighted by Gasteiger charge is 2.26. The van der Waals surface area contributed by atoms with Crippen LogP contribution in [-0.2, 0) is 4.79 Å². The Labute approximate surface area is 107 Å². The van der Waals surface area contributed by atoms with Crippen LogP contribution in [-0.4, -0.2) is 35.5 Å². The molecule has 1 saturated heterocycles. The Morgan fingerprint density at radius 2 is 2.50 bits per heavy atom. The number of nitrogens with one attached hydrogen (secondary N) is 1. The largest absolute Gasteiger partial charge is 0.355 e. The number of nitrogens with zero attached hydrogens (tertiary/aromatic N) is 3. The molecule has 1 aliphatic rings. The highest BCUT2D eigenvalue weighted by molar-refractivity contribution is 5.79. The molecule has 2 rings (SSSR count). The zero-order valence-corrected chi connectivity index (χ0v) is 10.2. The smallest absolute Gasteiger partial charge is 0.225 e. The molecule has 1 fully saturated rings. The van der Waals surface area contributed by atoms with Crippen LogP contribution in [0.4, 0.5) is 5.82 Å². The van der Waals surface area contributed by atoms with Gasteiger partial charge in [0.05, 0.1) is 18.7 Å². The van der Waals surface area contributed by atoms with E-state index in [1.165, 1.54) is 0 Å². The fraction of sp³-hybridized carbons (Fsp3) is 0.462. The summed E-state index contributed by atoms with van der Waals surface area (Å²) in [6.07, 6.45) is 12.0. The molecule has 0 aliphatic carbocycles. The Balaban J connectivity index is 1.97. The molecule has 18 heavy (non-hydrogen) atoms. The third-order valence-corrected chi connectivity index (χ3v) is 3.03. The molecular weight excluding hydrogens is 228 g/mol. The van der Waals surface area contributed by atoms with E-state index in [1.54, 1.807) is 18.6 Å². The fourth-order valence-corrected chi connectivity index (χ4v) is 2.14. The van der Waals surface area contributed by atoms with Crippen molar-refractivity contribution in [3.63, 3.8) is 0 Å². The third kappa shape index (κ3) is 2.98. The van der Waals surface area contributed by atoms with E-state index in [0.717, 1.165) is 25.2 Å². The fourth-order valence-electron chi connectivity index (χ4n) is 2.14.